The molecule has 0 radical (unpaired) electrons. The molecule has 1 aliphatic rings. The third-order valence-corrected chi connectivity index (χ3v) is 5.71. The zero-order valence-corrected chi connectivity index (χ0v) is 18.0. The summed E-state index contributed by atoms with van der Waals surface area (Å²) in [5.41, 5.74) is 2.48. The molecule has 1 saturated heterocycles. The predicted molar refractivity (Wildman–Crippen MR) is 131 cm³/mol. The molecule has 0 saturated carbocycles. The van der Waals surface area contributed by atoms with Crippen molar-refractivity contribution >= 4 is 34.6 Å². The van der Waals surface area contributed by atoms with Crippen LogP contribution in [0, 0.1) is 0 Å². The van der Waals surface area contributed by atoms with Crippen LogP contribution in [0.25, 0.3) is 0 Å². The third kappa shape index (κ3) is 3.74. The standard InChI is InChI=1S/C27H20N2O2S/c30-26-25(20-10-4-1-5-11-20)28(27(32)29(26)21-12-6-2-7-13-21)22-16-18-24(19-17-22)31-23-14-8-3-9-15-23/h1-19,25H. The summed E-state index contributed by atoms with van der Waals surface area (Å²) in [4.78, 5) is 17.1. The second-order valence-corrected chi connectivity index (χ2v) is 7.75. The molecule has 0 bridgehead atoms. The van der Waals surface area contributed by atoms with E-state index in [-0.39, 0.29) is 5.91 Å². The summed E-state index contributed by atoms with van der Waals surface area (Å²) in [7, 11) is 0. The van der Waals surface area contributed by atoms with E-state index in [1.54, 1.807) is 4.90 Å². The molecule has 0 spiro atoms. The predicted octanol–water partition coefficient (Wildman–Crippen LogP) is 6.36. The zero-order valence-electron chi connectivity index (χ0n) is 17.2. The van der Waals surface area contributed by atoms with Crippen molar-refractivity contribution < 1.29 is 9.53 Å². The Bertz CT molecular complexity index is 1230. The Morgan fingerprint density at radius 2 is 1.16 bits per heavy atom. The topological polar surface area (TPSA) is 32.8 Å². The maximum Gasteiger partial charge on any atom is 0.261 e. The van der Waals surface area contributed by atoms with Gasteiger partial charge in [-0.05, 0) is 66.3 Å². The Morgan fingerprint density at radius 3 is 1.78 bits per heavy atom. The van der Waals surface area contributed by atoms with E-state index in [1.165, 1.54) is 0 Å². The van der Waals surface area contributed by atoms with Gasteiger partial charge in [-0.15, -0.1) is 0 Å². The van der Waals surface area contributed by atoms with Crippen molar-refractivity contribution in [2.75, 3.05) is 9.80 Å². The van der Waals surface area contributed by atoms with Crippen molar-refractivity contribution in [1.29, 1.82) is 0 Å². The van der Waals surface area contributed by atoms with Crippen LogP contribution in [0.4, 0.5) is 11.4 Å². The van der Waals surface area contributed by atoms with Crippen LogP contribution in [0.3, 0.4) is 0 Å². The van der Waals surface area contributed by atoms with Crippen molar-refractivity contribution in [3.63, 3.8) is 0 Å². The molecular formula is C27H20N2O2S. The van der Waals surface area contributed by atoms with Gasteiger partial charge in [0.2, 0.25) is 0 Å². The molecule has 4 aromatic rings. The number of para-hydroxylation sites is 2. The largest absolute Gasteiger partial charge is 0.457 e. The van der Waals surface area contributed by atoms with Crippen LogP contribution in [0.2, 0.25) is 0 Å². The van der Waals surface area contributed by atoms with Crippen molar-refractivity contribution in [1.82, 2.24) is 0 Å². The van der Waals surface area contributed by atoms with Crippen molar-refractivity contribution in [3.05, 3.63) is 121 Å². The summed E-state index contributed by atoms with van der Waals surface area (Å²) in [6.45, 7) is 0. The number of anilines is 2. The third-order valence-electron chi connectivity index (χ3n) is 5.33. The fourth-order valence-corrected chi connectivity index (χ4v) is 4.25. The maximum absolute atomic E-state index is 13.6. The number of carbonyl (C=O) groups is 1. The molecule has 32 heavy (non-hydrogen) atoms. The summed E-state index contributed by atoms with van der Waals surface area (Å²) < 4.78 is 5.92. The number of amides is 1. The summed E-state index contributed by atoms with van der Waals surface area (Å²) in [5.74, 6) is 1.41. The molecule has 5 rings (SSSR count). The summed E-state index contributed by atoms with van der Waals surface area (Å²) in [6.07, 6.45) is 0. The highest BCUT2D eigenvalue weighted by molar-refractivity contribution is 7.81. The Morgan fingerprint density at radius 1 is 0.625 bits per heavy atom. The summed E-state index contributed by atoms with van der Waals surface area (Å²) >= 11 is 5.82. The normalized spacial score (nSPS) is 15.8. The number of hydrogen-bond donors (Lipinski definition) is 0. The lowest BCUT2D eigenvalue weighted by Crippen LogP contribution is -2.32. The molecule has 4 aromatic carbocycles. The quantitative estimate of drug-likeness (QED) is 0.341. The van der Waals surface area contributed by atoms with E-state index >= 15 is 0 Å². The van der Waals surface area contributed by atoms with Gasteiger partial charge in [0.1, 0.15) is 17.5 Å². The smallest absolute Gasteiger partial charge is 0.261 e. The van der Waals surface area contributed by atoms with Gasteiger partial charge in [0.05, 0.1) is 5.69 Å². The second-order valence-electron chi connectivity index (χ2n) is 7.38. The van der Waals surface area contributed by atoms with Crippen molar-refractivity contribution in [3.8, 4) is 11.5 Å². The Kier molecular flexibility index (Phi) is 5.40. The van der Waals surface area contributed by atoms with Crippen LogP contribution in [0.5, 0.6) is 11.5 Å². The molecule has 1 unspecified atom stereocenters. The molecule has 0 aliphatic carbocycles. The molecule has 5 heteroatoms. The summed E-state index contributed by atoms with van der Waals surface area (Å²) in [6, 6.07) is 36.0. The molecule has 4 nitrogen and oxygen atoms in total. The first kappa shape index (κ1) is 20.0. The minimum absolute atomic E-state index is 0.0722. The van der Waals surface area contributed by atoms with Crippen LogP contribution in [0.1, 0.15) is 11.6 Å². The minimum atomic E-state index is -0.537. The number of nitrogens with zero attached hydrogens (tertiary/aromatic N) is 2. The van der Waals surface area contributed by atoms with Gasteiger partial charge >= 0.3 is 0 Å². The van der Waals surface area contributed by atoms with Crippen molar-refractivity contribution in [2.45, 2.75) is 6.04 Å². The molecule has 1 heterocycles. The number of thiocarbonyl (C=S) groups is 1. The van der Waals surface area contributed by atoms with E-state index in [0.29, 0.717) is 10.9 Å². The fraction of sp³-hybridized carbons (Fsp3) is 0.0370. The summed E-state index contributed by atoms with van der Waals surface area (Å²) in [5, 5.41) is 0.451. The number of carbonyl (C=O) groups excluding carboxylic acids is 1. The van der Waals surface area contributed by atoms with Crippen LogP contribution >= 0.6 is 12.2 Å². The molecule has 0 N–H and O–H groups in total. The monoisotopic (exact) mass is 436 g/mol. The number of ether oxygens (including phenoxy) is 1. The van der Waals surface area contributed by atoms with E-state index in [2.05, 4.69) is 0 Å². The zero-order chi connectivity index (χ0) is 21.9. The van der Waals surface area contributed by atoms with Gasteiger partial charge in [-0.3, -0.25) is 9.69 Å². The van der Waals surface area contributed by atoms with Crippen LogP contribution in [0.15, 0.2) is 115 Å². The lowest BCUT2D eigenvalue weighted by molar-refractivity contribution is -0.118. The van der Waals surface area contributed by atoms with E-state index in [0.717, 1.165) is 22.7 Å². The molecule has 1 amide bonds. The molecule has 1 aliphatic heterocycles. The Hall–Kier alpha value is -3.96. The molecule has 156 valence electrons. The first-order valence-corrected chi connectivity index (χ1v) is 10.7. The van der Waals surface area contributed by atoms with Crippen LogP contribution in [-0.2, 0) is 4.79 Å². The average molecular weight is 437 g/mol. The van der Waals surface area contributed by atoms with Gasteiger partial charge in [0.25, 0.3) is 5.91 Å². The minimum Gasteiger partial charge on any atom is -0.457 e. The number of hydrogen-bond acceptors (Lipinski definition) is 3. The van der Waals surface area contributed by atoms with Crippen LogP contribution in [-0.4, -0.2) is 11.0 Å². The lowest BCUT2D eigenvalue weighted by atomic mass is 10.1. The first-order chi connectivity index (χ1) is 15.7. The Labute approximate surface area is 192 Å². The highest BCUT2D eigenvalue weighted by atomic mass is 32.1. The average Bonchev–Trinajstić information content (AvgIpc) is 3.11. The highest BCUT2D eigenvalue weighted by Crippen LogP contribution is 2.38. The molecule has 1 fully saturated rings. The van der Waals surface area contributed by atoms with E-state index in [4.69, 9.17) is 17.0 Å². The molecule has 0 aromatic heterocycles. The van der Waals surface area contributed by atoms with Gasteiger partial charge in [-0.2, -0.15) is 0 Å². The van der Waals surface area contributed by atoms with Gasteiger partial charge in [-0.25, -0.2) is 0 Å². The molecule has 1 atom stereocenters. The SMILES string of the molecule is O=C1C(c2ccccc2)N(c2ccc(Oc3ccccc3)cc2)C(=S)N1c1ccccc1. The van der Waals surface area contributed by atoms with Crippen LogP contribution < -0.4 is 14.5 Å². The van der Waals surface area contributed by atoms with Crippen molar-refractivity contribution in [2.24, 2.45) is 0 Å². The Balaban J connectivity index is 1.51. The fourth-order valence-electron chi connectivity index (χ4n) is 3.85. The number of benzene rings is 4. The van der Waals surface area contributed by atoms with E-state index < -0.39 is 6.04 Å². The molecular weight excluding hydrogens is 416 g/mol. The first-order valence-electron chi connectivity index (χ1n) is 10.3. The van der Waals surface area contributed by atoms with Gasteiger partial charge in [-0.1, -0.05) is 66.7 Å². The number of rotatable bonds is 5. The van der Waals surface area contributed by atoms with E-state index in [9.17, 15) is 4.79 Å². The second kappa shape index (κ2) is 8.65. The maximum atomic E-state index is 13.6. The van der Waals surface area contributed by atoms with E-state index in [1.807, 2.05) is 120 Å². The highest BCUT2D eigenvalue weighted by Gasteiger charge is 2.44. The lowest BCUT2D eigenvalue weighted by Gasteiger charge is -2.24. The van der Waals surface area contributed by atoms with Gasteiger partial charge in [0, 0.05) is 5.69 Å². The van der Waals surface area contributed by atoms with Gasteiger partial charge < -0.3 is 9.64 Å². The van der Waals surface area contributed by atoms with Gasteiger partial charge in [0.15, 0.2) is 5.11 Å².